The molecule has 4 aromatic rings. The molecule has 5 rings (SSSR count). The van der Waals surface area contributed by atoms with Crippen molar-refractivity contribution >= 4 is 53.2 Å². The van der Waals surface area contributed by atoms with E-state index in [1.54, 1.807) is 36.4 Å². The number of amides is 2. The lowest BCUT2D eigenvalue weighted by molar-refractivity contribution is -0.274. The van der Waals surface area contributed by atoms with Crippen LogP contribution in [-0.4, -0.2) is 58.3 Å². The second-order valence-corrected chi connectivity index (χ2v) is 15.5. The van der Waals surface area contributed by atoms with Crippen LogP contribution in [0.5, 0.6) is 5.75 Å². The topological polar surface area (TPSA) is 175 Å². The van der Waals surface area contributed by atoms with E-state index in [-0.39, 0.29) is 22.5 Å². The summed E-state index contributed by atoms with van der Waals surface area (Å²) >= 11 is 1.08. The first-order valence-electron chi connectivity index (χ1n) is 13.7. The van der Waals surface area contributed by atoms with Gasteiger partial charge in [-0.2, -0.15) is 0 Å². The molecule has 2 amide bonds. The van der Waals surface area contributed by atoms with E-state index in [1.807, 2.05) is 6.07 Å². The van der Waals surface area contributed by atoms with Crippen LogP contribution in [0.25, 0.3) is 21.3 Å². The van der Waals surface area contributed by atoms with Crippen LogP contribution in [0.3, 0.4) is 0 Å². The zero-order chi connectivity index (χ0) is 33.3. The third-order valence-electron chi connectivity index (χ3n) is 6.85. The van der Waals surface area contributed by atoms with Crippen LogP contribution in [0.4, 0.5) is 13.2 Å². The monoisotopic (exact) mass is 696 g/mol. The number of carbonyl (C=O) groups excluding carboxylic acids is 2. The maximum Gasteiger partial charge on any atom is 0.573 e. The molecule has 11 nitrogen and oxygen atoms in total. The first-order valence-corrected chi connectivity index (χ1v) is 18.0. The molecule has 1 heterocycles. The lowest BCUT2D eigenvalue weighted by atomic mass is 10.0. The number of hydrogen-bond donors (Lipinski definition) is 3. The first-order chi connectivity index (χ1) is 21.6. The summed E-state index contributed by atoms with van der Waals surface area (Å²) in [5.41, 5.74) is 2.49. The largest absolute Gasteiger partial charge is 0.573 e. The molecule has 1 unspecified atom stereocenters. The highest BCUT2D eigenvalue weighted by Gasteiger charge is 2.36. The number of fused-ring (bicyclic) bond motifs is 1. The van der Waals surface area contributed by atoms with Gasteiger partial charge in [0.25, 0.3) is 5.91 Å². The summed E-state index contributed by atoms with van der Waals surface area (Å²) in [6.07, 6.45) is -3.03. The molecule has 0 radical (unpaired) electrons. The van der Waals surface area contributed by atoms with Gasteiger partial charge < -0.3 is 15.4 Å². The van der Waals surface area contributed by atoms with Gasteiger partial charge in [0, 0.05) is 18.2 Å². The van der Waals surface area contributed by atoms with Gasteiger partial charge in [0.2, 0.25) is 15.9 Å². The molecule has 1 aliphatic carbocycles. The maximum absolute atomic E-state index is 13.7. The van der Waals surface area contributed by atoms with E-state index >= 15 is 0 Å². The Morgan fingerprint density at radius 3 is 2.24 bits per heavy atom. The minimum Gasteiger partial charge on any atom is -0.406 e. The molecule has 46 heavy (non-hydrogen) atoms. The number of alkyl halides is 3. The molecular formula is C29H27F3N4O7S3. The van der Waals surface area contributed by atoms with Gasteiger partial charge in [0.15, 0.2) is 15.1 Å². The summed E-state index contributed by atoms with van der Waals surface area (Å²) in [5.74, 6) is -3.22. The maximum atomic E-state index is 13.7. The lowest BCUT2D eigenvalue weighted by Gasteiger charge is -2.18. The van der Waals surface area contributed by atoms with Crippen LogP contribution in [0.15, 0.2) is 66.7 Å². The third kappa shape index (κ3) is 8.80. The fourth-order valence-corrected chi connectivity index (χ4v) is 8.03. The molecule has 0 saturated heterocycles. The van der Waals surface area contributed by atoms with Gasteiger partial charge in [0.05, 0.1) is 16.0 Å². The van der Waals surface area contributed by atoms with Gasteiger partial charge >= 0.3 is 6.36 Å². The summed E-state index contributed by atoms with van der Waals surface area (Å²) in [4.78, 5) is 29.8. The number of nitrogens with zero attached hydrogens (tertiary/aromatic N) is 1. The Labute approximate surface area is 265 Å². The first kappa shape index (κ1) is 33.3. The molecular weight excluding hydrogens is 670 g/mol. The number of halogens is 3. The number of sulfonamides is 1. The molecule has 0 bridgehead atoms. The predicted octanol–water partition coefficient (Wildman–Crippen LogP) is 3.81. The van der Waals surface area contributed by atoms with Crippen LogP contribution in [0.2, 0.25) is 0 Å². The number of aromatic nitrogens is 1. The zero-order valence-electron chi connectivity index (χ0n) is 23.8. The summed E-state index contributed by atoms with van der Waals surface area (Å²) < 4.78 is 92.3. The molecule has 1 aromatic heterocycles. The van der Waals surface area contributed by atoms with Crippen LogP contribution >= 0.6 is 11.3 Å². The van der Waals surface area contributed by atoms with Crippen molar-refractivity contribution in [3.8, 4) is 16.9 Å². The fraction of sp³-hybridized carbons (Fsp3) is 0.276. The van der Waals surface area contributed by atoms with E-state index in [1.165, 1.54) is 0 Å². The quantitative estimate of drug-likeness (QED) is 0.200. The number of carbonyl (C=O) groups is 2. The van der Waals surface area contributed by atoms with Crippen molar-refractivity contribution < 1.29 is 44.3 Å². The SMILES string of the molecule is NS(=O)(=O)CCNC(=O)C(c1ccc(OC(F)(F)F)cc1)S(=O)(=O)Cc1nc2ccc(-c3ccc(C(=O)NC4CC4)cc3)cc2s1. The van der Waals surface area contributed by atoms with Crippen molar-refractivity contribution in [2.45, 2.75) is 36.2 Å². The molecule has 0 aliphatic heterocycles. The second-order valence-electron chi connectivity index (χ2n) is 10.6. The van der Waals surface area contributed by atoms with Crippen molar-refractivity contribution in [3.63, 3.8) is 0 Å². The molecule has 0 spiro atoms. The summed E-state index contributed by atoms with van der Waals surface area (Å²) in [6.45, 7) is -0.491. The van der Waals surface area contributed by atoms with Gasteiger partial charge in [-0.05, 0) is 65.9 Å². The van der Waals surface area contributed by atoms with Gasteiger partial charge in [-0.1, -0.05) is 30.3 Å². The Kier molecular flexibility index (Phi) is 9.40. The normalized spacial score (nSPS) is 14.5. The Morgan fingerprint density at radius 2 is 1.63 bits per heavy atom. The van der Waals surface area contributed by atoms with E-state index < -0.39 is 61.2 Å². The number of hydrogen-bond acceptors (Lipinski definition) is 9. The van der Waals surface area contributed by atoms with Gasteiger partial charge in [-0.3, -0.25) is 9.59 Å². The number of primary sulfonamides is 1. The van der Waals surface area contributed by atoms with Gasteiger partial charge in [-0.25, -0.2) is 27.0 Å². The molecule has 1 fully saturated rings. The molecule has 1 aliphatic rings. The lowest BCUT2D eigenvalue weighted by Crippen LogP contribution is -2.37. The highest BCUT2D eigenvalue weighted by Crippen LogP contribution is 2.33. The number of nitrogens with one attached hydrogen (secondary N) is 2. The van der Waals surface area contributed by atoms with E-state index in [4.69, 9.17) is 5.14 Å². The Hall–Kier alpha value is -4.06. The van der Waals surface area contributed by atoms with E-state index in [0.29, 0.717) is 15.8 Å². The van der Waals surface area contributed by atoms with Crippen LogP contribution in [-0.2, 0) is 30.4 Å². The van der Waals surface area contributed by atoms with Crippen LogP contribution in [0.1, 0.15) is 39.0 Å². The Bertz CT molecular complexity index is 1980. The summed E-state index contributed by atoms with van der Waals surface area (Å²) in [7, 11) is -8.39. The standard InChI is InChI=1S/C29H27F3N4O7S3/c30-29(31,32)43-22-10-5-18(6-11-22)26(28(38)34-13-14-46(33,41)42)45(39,40)16-25-36-23-12-7-20(15-24(23)44-25)17-1-3-19(4-2-17)27(37)35-21-8-9-21/h1-7,10-12,15,21,26H,8-9,13-14,16H2,(H,34,38)(H,35,37)(H2,33,41,42). The predicted molar refractivity (Wildman–Crippen MR) is 165 cm³/mol. The number of nitrogens with two attached hydrogens (primary N) is 1. The Morgan fingerprint density at radius 1 is 0.978 bits per heavy atom. The van der Waals surface area contributed by atoms with Gasteiger partial charge in [0.1, 0.15) is 16.5 Å². The number of rotatable bonds is 12. The summed E-state index contributed by atoms with van der Waals surface area (Å²) in [6, 6.07) is 16.4. The van der Waals surface area contributed by atoms with E-state index in [2.05, 4.69) is 20.4 Å². The van der Waals surface area contributed by atoms with Crippen molar-refractivity contribution in [1.82, 2.24) is 15.6 Å². The second kappa shape index (κ2) is 13.0. The highest BCUT2D eigenvalue weighted by atomic mass is 32.2. The number of thiazole rings is 1. The molecule has 1 atom stereocenters. The Balaban J connectivity index is 1.37. The smallest absolute Gasteiger partial charge is 0.406 e. The van der Waals surface area contributed by atoms with Crippen molar-refractivity contribution in [2.24, 2.45) is 5.14 Å². The molecule has 17 heteroatoms. The fourth-order valence-electron chi connectivity index (χ4n) is 4.55. The average molecular weight is 697 g/mol. The minimum absolute atomic E-state index is 0.139. The summed E-state index contributed by atoms with van der Waals surface area (Å²) in [5, 5.41) is 8.36. The van der Waals surface area contributed by atoms with Crippen LogP contribution in [0, 0.1) is 0 Å². The van der Waals surface area contributed by atoms with Crippen molar-refractivity contribution in [2.75, 3.05) is 12.3 Å². The molecule has 3 aromatic carbocycles. The average Bonchev–Trinajstić information content (AvgIpc) is 3.68. The van der Waals surface area contributed by atoms with Gasteiger partial charge in [-0.15, -0.1) is 24.5 Å². The zero-order valence-corrected chi connectivity index (χ0v) is 26.2. The van der Waals surface area contributed by atoms with Crippen molar-refractivity contribution in [3.05, 3.63) is 82.9 Å². The molecule has 244 valence electrons. The van der Waals surface area contributed by atoms with E-state index in [9.17, 15) is 39.6 Å². The van der Waals surface area contributed by atoms with Crippen molar-refractivity contribution in [1.29, 1.82) is 0 Å². The number of ether oxygens (including phenoxy) is 1. The minimum atomic E-state index is -4.99. The highest BCUT2D eigenvalue weighted by molar-refractivity contribution is 7.91. The van der Waals surface area contributed by atoms with E-state index in [0.717, 1.165) is 59.6 Å². The third-order valence-corrected chi connectivity index (χ3v) is 10.7. The number of benzene rings is 3. The molecule has 4 N–H and O–H groups in total. The molecule has 1 saturated carbocycles. The number of sulfone groups is 1. The van der Waals surface area contributed by atoms with Crippen LogP contribution < -0.4 is 20.5 Å².